The first-order valence-corrected chi connectivity index (χ1v) is 7.74. The van der Waals surface area contributed by atoms with Crippen LogP contribution in [0.15, 0.2) is 42.5 Å². The first kappa shape index (κ1) is 17.5. The van der Waals surface area contributed by atoms with Gasteiger partial charge in [0.05, 0.1) is 11.3 Å². The zero-order valence-electron chi connectivity index (χ0n) is 14.0. The lowest BCUT2D eigenvalue weighted by molar-refractivity contribution is -0.118. The highest BCUT2D eigenvalue weighted by molar-refractivity contribution is 6.00. The van der Waals surface area contributed by atoms with E-state index in [0.29, 0.717) is 11.7 Å². The number of aryl methyl sites for hydroxylation is 1. The summed E-state index contributed by atoms with van der Waals surface area (Å²) in [5.41, 5.74) is 2.65. The van der Waals surface area contributed by atoms with Crippen LogP contribution in [-0.4, -0.2) is 23.6 Å². The van der Waals surface area contributed by atoms with Crippen LogP contribution in [0.1, 0.15) is 41.3 Å². The number of hydrogen-bond acceptors (Lipinski definition) is 3. The average molecular weight is 327 g/mol. The molecule has 0 atom stereocenters. The van der Waals surface area contributed by atoms with Crippen molar-refractivity contribution in [2.45, 2.75) is 26.7 Å². The third-order valence-electron chi connectivity index (χ3n) is 3.66. The van der Waals surface area contributed by atoms with Crippen LogP contribution >= 0.6 is 0 Å². The van der Waals surface area contributed by atoms with Crippen molar-refractivity contribution in [1.82, 2.24) is 0 Å². The van der Waals surface area contributed by atoms with E-state index in [0.717, 1.165) is 5.56 Å². The summed E-state index contributed by atoms with van der Waals surface area (Å²) in [4.78, 5) is 23.1. The van der Waals surface area contributed by atoms with Gasteiger partial charge in [-0.1, -0.05) is 32.0 Å². The Balaban J connectivity index is 1.99. The number of para-hydroxylation sites is 1. The van der Waals surface area contributed by atoms with Gasteiger partial charge in [-0.05, 0) is 48.2 Å². The van der Waals surface area contributed by atoms with Crippen molar-refractivity contribution in [1.29, 1.82) is 0 Å². The number of hydrogen-bond donors (Lipinski definition) is 2. The minimum Gasteiger partial charge on any atom is -0.484 e. The van der Waals surface area contributed by atoms with Gasteiger partial charge in [0.25, 0.3) is 5.91 Å². The van der Waals surface area contributed by atoms with Crippen molar-refractivity contribution in [2.75, 3.05) is 11.9 Å². The fourth-order valence-electron chi connectivity index (χ4n) is 2.50. The van der Waals surface area contributed by atoms with E-state index in [1.807, 2.05) is 25.1 Å². The lowest BCUT2D eigenvalue weighted by Crippen LogP contribution is -2.21. The van der Waals surface area contributed by atoms with Crippen LogP contribution in [0.4, 0.5) is 5.69 Å². The molecule has 5 heteroatoms. The Morgan fingerprint density at radius 1 is 1.17 bits per heavy atom. The van der Waals surface area contributed by atoms with Gasteiger partial charge in [-0.15, -0.1) is 0 Å². The highest BCUT2D eigenvalue weighted by Crippen LogP contribution is 2.23. The van der Waals surface area contributed by atoms with E-state index in [1.54, 1.807) is 18.2 Å². The van der Waals surface area contributed by atoms with Crippen LogP contribution in [0.5, 0.6) is 5.75 Å². The standard InChI is InChI=1S/C19H21NO4/c1-12(2)15-9-8-14(10-13(15)3)24-11-18(21)20-17-7-5-4-6-16(17)19(22)23/h4-10,12H,11H2,1-3H3,(H,20,21)(H,22,23). The van der Waals surface area contributed by atoms with Gasteiger partial charge in [0, 0.05) is 0 Å². The molecule has 0 spiro atoms. The molecule has 0 saturated heterocycles. The van der Waals surface area contributed by atoms with Crippen molar-refractivity contribution in [3.05, 3.63) is 59.2 Å². The Bertz CT molecular complexity index is 753. The second-order valence-electron chi connectivity index (χ2n) is 5.86. The lowest BCUT2D eigenvalue weighted by atomic mass is 9.98. The fraction of sp³-hybridized carbons (Fsp3) is 0.263. The third-order valence-corrected chi connectivity index (χ3v) is 3.66. The number of carbonyl (C=O) groups excluding carboxylic acids is 1. The molecule has 0 bridgehead atoms. The van der Waals surface area contributed by atoms with Gasteiger partial charge in [0.2, 0.25) is 0 Å². The number of anilines is 1. The molecule has 1 amide bonds. The highest BCUT2D eigenvalue weighted by atomic mass is 16.5. The Kier molecular flexibility index (Phi) is 5.58. The Morgan fingerprint density at radius 3 is 2.50 bits per heavy atom. The molecule has 0 aliphatic carbocycles. The molecule has 5 nitrogen and oxygen atoms in total. The Morgan fingerprint density at radius 2 is 1.88 bits per heavy atom. The van der Waals surface area contributed by atoms with Crippen molar-refractivity contribution >= 4 is 17.6 Å². The second kappa shape index (κ2) is 7.64. The van der Waals surface area contributed by atoms with E-state index in [1.165, 1.54) is 11.6 Å². The van der Waals surface area contributed by atoms with E-state index in [2.05, 4.69) is 19.2 Å². The minimum absolute atomic E-state index is 0.0444. The molecule has 0 aliphatic heterocycles. The minimum atomic E-state index is -1.09. The smallest absolute Gasteiger partial charge is 0.337 e. The van der Waals surface area contributed by atoms with Crippen molar-refractivity contribution in [3.8, 4) is 5.75 Å². The van der Waals surface area contributed by atoms with Crippen LogP contribution in [0.2, 0.25) is 0 Å². The van der Waals surface area contributed by atoms with Crippen LogP contribution in [-0.2, 0) is 4.79 Å². The number of ether oxygens (including phenoxy) is 1. The number of nitrogens with one attached hydrogen (secondary N) is 1. The molecule has 0 fully saturated rings. The lowest BCUT2D eigenvalue weighted by Gasteiger charge is -2.13. The fourth-order valence-corrected chi connectivity index (χ4v) is 2.50. The number of aromatic carboxylic acids is 1. The van der Waals surface area contributed by atoms with E-state index in [9.17, 15) is 9.59 Å². The summed E-state index contributed by atoms with van der Waals surface area (Å²) in [6.07, 6.45) is 0. The Labute approximate surface area is 141 Å². The summed E-state index contributed by atoms with van der Waals surface area (Å²) in [7, 11) is 0. The van der Waals surface area contributed by atoms with Gasteiger partial charge in [-0.25, -0.2) is 4.79 Å². The van der Waals surface area contributed by atoms with Crippen LogP contribution in [0, 0.1) is 6.92 Å². The molecule has 2 rings (SSSR count). The zero-order chi connectivity index (χ0) is 17.7. The molecule has 0 heterocycles. The molecule has 2 aromatic carbocycles. The van der Waals surface area contributed by atoms with Gasteiger partial charge < -0.3 is 15.2 Å². The maximum Gasteiger partial charge on any atom is 0.337 e. The number of rotatable bonds is 6. The van der Waals surface area contributed by atoms with Crippen molar-refractivity contribution in [3.63, 3.8) is 0 Å². The number of carboxylic acid groups (broad SMARTS) is 1. The van der Waals surface area contributed by atoms with Gasteiger partial charge in [-0.3, -0.25) is 4.79 Å². The summed E-state index contributed by atoms with van der Waals surface area (Å²) >= 11 is 0. The predicted octanol–water partition coefficient (Wildman–Crippen LogP) is 3.83. The van der Waals surface area contributed by atoms with Gasteiger partial charge >= 0.3 is 5.97 Å². The monoisotopic (exact) mass is 327 g/mol. The Hall–Kier alpha value is -2.82. The van der Waals surface area contributed by atoms with Crippen molar-refractivity contribution in [2.24, 2.45) is 0 Å². The average Bonchev–Trinajstić information content (AvgIpc) is 2.53. The zero-order valence-corrected chi connectivity index (χ0v) is 14.0. The topological polar surface area (TPSA) is 75.6 Å². The molecular weight excluding hydrogens is 306 g/mol. The molecular formula is C19H21NO4. The maximum atomic E-state index is 12.0. The summed E-state index contributed by atoms with van der Waals surface area (Å²) in [5.74, 6) is -0.463. The SMILES string of the molecule is Cc1cc(OCC(=O)Nc2ccccc2C(=O)O)ccc1C(C)C. The predicted molar refractivity (Wildman–Crippen MR) is 92.8 cm³/mol. The second-order valence-corrected chi connectivity index (χ2v) is 5.86. The van der Waals surface area contributed by atoms with Crippen LogP contribution in [0.3, 0.4) is 0 Å². The first-order valence-electron chi connectivity index (χ1n) is 7.74. The van der Waals surface area contributed by atoms with Gasteiger partial charge in [0.1, 0.15) is 5.75 Å². The van der Waals surface area contributed by atoms with Gasteiger partial charge in [0.15, 0.2) is 6.61 Å². The third kappa shape index (κ3) is 4.35. The molecule has 0 unspecified atom stereocenters. The quantitative estimate of drug-likeness (QED) is 0.845. The summed E-state index contributed by atoms with van der Waals surface area (Å²) < 4.78 is 5.50. The molecule has 0 aliphatic rings. The maximum absolute atomic E-state index is 12.0. The number of carbonyl (C=O) groups is 2. The van der Waals surface area contributed by atoms with Crippen LogP contribution < -0.4 is 10.1 Å². The van der Waals surface area contributed by atoms with E-state index in [4.69, 9.17) is 9.84 Å². The van der Waals surface area contributed by atoms with Crippen molar-refractivity contribution < 1.29 is 19.4 Å². The van der Waals surface area contributed by atoms with Crippen LogP contribution in [0.25, 0.3) is 0 Å². The summed E-state index contributed by atoms with van der Waals surface area (Å²) in [5, 5.41) is 11.7. The molecule has 0 saturated carbocycles. The van der Waals surface area contributed by atoms with E-state index in [-0.39, 0.29) is 17.9 Å². The highest BCUT2D eigenvalue weighted by Gasteiger charge is 2.12. The molecule has 2 aromatic rings. The van der Waals surface area contributed by atoms with Gasteiger partial charge in [-0.2, -0.15) is 0 Å². The number of benzene rings is 2. The molecule has 0 aromatic heterocycles. The molecule has 0 radical (unpaired) electrons. The molecule has 126 valence electrons. The molecule has 2 N–H and O–H groups in total. The summed E-state index contributed by atoms with van der Waals surface area (Å²) in [6, 6.07) is 12.0. The number of carboxylic acids is 1. The first-order chi connectivity index (χ1) is 11.4. The number of amides is 1. The van der Waals surface area contributed by atoms with E-state index < -0.39 is 11.9 Å². The normalized spacial score (nSPS) is 10.5. The molecule has 24 heavy (non-hydrogen) atoms. The largest absolute Gasteiger partial charge is 0.484 e. The summed E-state index contributed by atoms with van der Waals surface area (Å²) in [6.45, 7) is 6.06. The van der Waals surface area contributed by atoms with E-state index >= 15 is 0 Å².